The van der Waals surface area contributed by atoms with Crippen molar-refractivity contribution < 1.29 is 51.8 Å². The normalized spacial score (nSPS) is 24.6. The second kappa shape index (κ2) is 17.1. The lowest BCUT2D eigenvalue weighted by Crippen LogP contribution is -2.52. The van der Waals surface area contributed by atoms with E-state index in [4.69, 9.17) is 0 Å². The summed E-state index contributed by atoms with van der Waals surface area (Å²) in [5.74, 6) is -1.84. The van der Waals surface area contributed by atoms with Crippen LogP contribution in [0.5, 0.6) is 0 Å². The van der Waals surface area contributed by atoms with Gasteiger partial charge in [0.25, 0.3) is 0 Å². The minimum absolute atomic E-state index is 0.00786. The number of hydrogen-bond donors (Lipinski definition) is 5. The van der Waals surface area contributed by atoms with Crippen molar-refractivity contribution >= 4 is 64.3 Å². The van der Waals surface area contributed by atoms with Crippen molar-refractivity contribution in [1.82, 2.24) is 20.4 Å². The van der Waals surface area contributed by atoms with Gasteiger partial charge in [-0.1, -0.05) is 42.5 Å². The molecule has 4 fully saturated rings. The Balaban J connectivity index is 0.775. The minimum Gasteiger partial charge on any atom is -0.465 e. The molecular weight excluding hydrogens is 958 g/mol. The first-order chi connectivity index (χ1) is 35.4. The Labute approximate surface area is 424 Å². The highest BCUT2D eigenvalue weighted by Gasteiger charge is 2.57. The van der Waals surface area contributed by atoms with Crippen LogP contribution in [0.15, 0.2) is 78.9 Å². The third-order valence-electron chi connectivity index (χ3n) is 17.8. The quantitative estimate of drug-likeness (QED) is 0.151. The van der Waals surface area contributed by atoms with Crippen LogP contribution in [0.1, 0.15) is 83.5 Å². The maximum absolute atomic E-state index is 15.7. The van der Waals surface area contributed by atoms with Crippen LogP contribution in [-0.4, -0.2) is 115 Å². The number of nitrogens with one attached hydrogen (secondary N) is 4. The topological polar surface area (TPSA) is 201 Å². The number of rotatable bonds is 8. The minimum atomic E-state index is -4.82. The highest BCUT2D eigenvalue weighted by Crippen LogP contribution is 2.53. The lowest BCUT2D eigenvalue weighted by Gasteiger charge is -2.42. The van der Waals surface area contributed by atoms with Gasteiger partial charge in [-0.2, -0.15) is 13.2 Å². The summed E-state index contributed by atoms with van der Waals surface area (Å²) in [6.45, 7) is 0.151. The standard InChI is InChI=1S/C55H55F3N8O8/c56-55(57,58)45(63-19-13-53(14-20-63)39-3-1-2-4-41(39)65(48(53)71)30-43(67)61-37-8-5-33-26-51(28-35(33)23-37)11-17-59-46(51)69)32-7-10-40-42(25-32)66(49(72)54(40)15-21-64(22-16-54)50(73)74)31-44(68)62-38-9-6-34-27-52(29-36(34)24-38)12-18-60-47(52)70/h1-10,23-25,45H,11-22,26-31H2,(H,59,69)(H,60,70)(H,61,67)(H,62,68)(H,73,74). The number of piperidine rings is 2. The lowest BCUT2D eigenvalue weighted by molar-refractivity contribution is -0.190. The van der Waals surface area contributed by atoms with Crippen LogP contribution in [0.4, 0.5) is 40.7 Å². The number of likely N-dealkylation sites (tertiary alicyclic amines) is 2. The number of nitrogens with zero attached hydrogens (tertiary/aromatic N) is 4. The molecule has 6 heterocycles. The summed E-state index contributed by atoms with van der Waals surface area (Å²) in [6, 6.07) is 20.2. The van der Waals surface area contributed by atoms with Crippen LogP contribution in [0, 0.1) is 10.8 Å². The summed E-state index contributed by atoms with van der Waals surface area (Å²) in [4.78, 5) is 99.5. The monoisotopic (exact) mass is 1010 g/mol. The first kappa shape index (κ1) is 47.7. The molecule has 7 amide bonds. The van der Waals surface area contributed by atoms with E-state index in [1.165, 1.54) is 37.8 Å². The maximum Gasteiger partial charge on any atom is 0.408 e. The van der Waals surface area contributed by atoms with Gasteiger partial charge in [-0.3, -0.25) is 33.7 Å². The van der Waals surface area contributed by atoms with Crippen molar-refractivity contribution in [3.8, 4) is 0 Å². The summed E-state index contributed by atoms with van der Waals surface area (Å²) in [5, 5.41) is 21.4. The largest absolute Gasteiger partial charge is 0.465 e. The molecule has 19 heteroatoms. The Kier molecular flexibility index (Phi) is 11.1. The Morgan fingerprint density at radius 2 is 1.08 bits per heavy atom. The fourth-order valence-electron chi connectivity index (χ4n) is 14.0. The van der Waals surface area contributed by atoms with Gasteiger partial charge in [0.1, 0.15) is 19.1 Å². The molecule has 0 bridgehead atoms. The number of carbonyl (C=O) groups excluding carboxylic acids is 6. The molecule has 4 saturated heterocycles. The van der Waals surface area contributed by atoms with Gasteiger partial charge in [0.2, 0.25) is 35.4 Å². The average Bonchev–Trinajstić information content (AvgIpc) is 4.22. The second-order valence-corrected chi connectivity index (χ2v) is 21.8. The van der Waals surface area contributed by atoms with Gasteiger partial charge in [-0.05, 0) is 140 Å². The van der Waals surface area contributed by atoms with Gasteiger partial charge >= 0.3 is 12.3 Å². The van der Waals surface area contributed by atoms with E-state index in [9.17, 15) is 38.7 Å². The van der Waals surface area contributed by atoms with Crippen molar-refractivity contribution in [1.29, 1.82) is 0 Å². The van der Waals surface area contributed by atoms with E-state index in [1.54, 1.807) is 36.4 Å². The fourth-order valence-corrected chi connectivity index (χ4v) is 14.0. The number of amides is 7. The third-order valence-corrected chi connectivity index (χ3v) is 17.8. The number of benzene rings is 4. The molecular formula is C55H55F3N8O8. The molecule has 16 nitrogen and oxygen atoms in total. The first-order valence-electron chi connectivity index (χ1n) is 25.5. The zero-order valence-electron chi connectivity index (χ0n) is 40.5. The molecule has 0 aromatic heterocycles. The summed E-state index contributed by atoms with van der Waals surface area (Å²) in [6.07, 6.45) is -1.98. The number of hydrogen-bond acceptors (Lipinski definition) is 8. The van der Waals surface area contributed by atoms with Gasteiger partial charge in [0.15, 0.2) is 0 Å². The molecule has 74 heavy (non-hydrogen) atoms. The van der Waals surface area contributed by atoms with Gasteiger partial charge in [0.05, 0.1) is 21.7 Å². The summed E-state index contributed by atoms with van der Waals surface area (Å²) in [7, 11) is 0. The molecule has 4 spiro atoms. The highest BCUT2D eigenvalue weighted by atomic mass is 19.4. The zero-order valence-corrected chi connectivity index (χ0v) is 40.5. The van der Waals surface area contributed by atoms with Gasteiger partial charge in [-0.25, -0.2) is 4.79 Å². The van der Waals surface area contributed by atoms with Crippen molar-refractivity contribution in [3.63, 3.8) is 0 Å². The van der Waals surface area contributed by atoms with E-state index in [0.29, 0.717) is 73.4 Å². The first-order valence-corrected chi connectivity index (χ1v) is 25.5. The fraction of sp³-hybridized carbons (Fsp3) is 0.436. The van der Waals surface area contributed by atoms with Crippen molar-refractivity contribution in [2.75, 3.05) is 72.8 Å². The Hall–Kier alpha value is -7.28. The number of anilines is 4. The molecule has 4 aromatic carbocycles. The maximum atomic E-state index is 15.7. The highest BCUT2D eigenvalue weighted by molar-refractivity contribution is 6.13. The zero-order chi connectivity index (χ0) is 51.5. The van der Waals surface area contributed by atoms with Crippen LogP contribution >= 0.6 is 0 Å². The van der Waals surface area contributed by atoms with Gasteiger partial charge < -0.3 is 41.1 Å². The van der Waals surface area contributed by atoms with E-state index in [1.807, 2.05) is 24.3 Å². The van der Waals surface area contributed by atoms with Crippen LogP contribution in [0.2, 0.25) is 0 Å². The molecule has 0 saturated carbocycles. The van der Waals surface area contributed by atoms with Crippen molar-refractivity contribution in [2.45, 2.75) is 87.3 Å². The Bertz CT molecular complexity index is 3110. The van der Waals surface area contributed by atoms with Crippen LogP contribution in [-0.2, 0) is 65.3 Å². The van der Waals surface area contributed by atoms with E-state index >= 15 is 13.2 Å². The molecule has 384 valence electrons. The van der Waals surface area contributed by atoms with E-state index in [-0.39, 0.29) is 87.4 Å². The molecule has 2 aliphatic carbocycles. The van der Waals surface area contributed by atoms with Crippen LogP contribution in [0.25, 0.3) is 0 Å². The van der Waals surface area contributed by atoms with Crippen molar-refractivity contribution in [2.24, 2.45) is 10.8 Å². The predicted octanol–water partition coefficient (Wildman–Crippen LogP) is 5.52. The Morgan fingerprint density at radius 1 is 0.595 bits per heavy atom. The molecule has 6 aliphatic heterocycles. The number of fused-ring (bicyclic) bond motifs is 6. The molecule has 5 N–H and O–H groups in total. The van der Waals surface area contributed by atoms with Crippen LogP contribution < -0.4 is 31.1 Å². The second-order valence-electron chi connectivity index (χ2n) is 21.8. The molecule has 0 radical (unpaired) electrons. The molecule has 4 aromatic rings. The SMILES string of the molecule is O=C(CN1C(=O)C2(CCN(C(=O)O)CC2)c2ccc(C(N3CCC4(CC3)C(=O)N(CC(=O)Nc3ccc5c(c3)CC3(CCNC3=O)C5)c3ccccc34)C(F)(F)F)cc21)Nc1ccc2c(c1)CC1(CCNC1=O)C2. The molecule has 3 unspecified atom stereocenters. The number of carbonyl (C=O) groups is 7. The van der Waals surface area contributed by atoms with Crippen LogP contribution in [0.3, 0.4) is 0 Å². The van der Waals surface area contributed by atoms with E-state index < -0.39 is 64.2 Å². The molecule has 3 atom stereocenters. The number of halogens is 3. The molecule has 12 rings (SSSR count). The number of alkyl halides is 3. The van der Waals surface area contributed by atoms with Crippen molar-refractivity contribution in [3.05, 3.63) is 118 Å². The predicted molar refractivity (Wildman–Crippen MR) is 264 cm³/mol. The third kappa shape index (κ3) is 7.54. The lowest BCUT2D eigenvalue weighted by atomic mass is 9.73. The summed E-state index contributed by atoms with van der Waals surface area (Å²) < 4.78 is 47.0. The Morgan fingerprint density at radius 3 is 1.58 bits per heavy atom. The summed E-state index contributed by atoms with van der Waals surface area (Å²) >= 11 is 0. The van der Waals surface area contributed by atoms with E-state index in [2.05, 4.69) is 21.3 Å². The smallest absolute Gasteiger partial charge is 0.408 e. The molecule has 8 aliphatic rings. The number of carboxylic acid groups (broad SMARTS) is 1. The average molecular weight is 1010 g/mol. The number of para-hydroxylation sites is 1. The van der Waals surface area contributed by atoms with Gasteiger partial charge in [-0.15, -0.1) is 0 Å². The summed E-state index contributed by atoms with van der Waals surface area (Å²) in [5.41, 5.74) is 3.13. The van der Waals surface area contributed by atoms with E-state index in [0.717, 1.165) is 28.7 Å². The van der Waals surface area contributed by atoms with Gasteiger partial charge in [0, 0.05) is 62.0 Å².